The summed E-state index contributed by atoms with van der Waals surface area (Å²) in [6.07, 6.45) is 5.75. The summed E-state index contributed by atoms with van der Waals surface area (Å²) in [5.74, 6) is 0.615. The first-order valence-electron chi connectivity index (χ1n) is 5.67. The maximum Gasteiger partial charge on any atom is 0.151 e. The number of hydrogen-bond acceptors (Lipinski definition) is 4. The highest BCUT2D eigenvalue weighted by molar-refractivity contribution is 6.29. The van der Waals surface area contributed by atoms with Gasteiger partial charge >= 0.3 is 0 Å². The summed E-state index contributed by atoms with van der Waals surface area (Å²) in [5, 5.41) is 0.511. The van der Waals surface area contributed by atoms with Gasteiger partial charge in [-0.25, -0.2) is 4.98 Å². The lowest BCUT2D eigenvalue weighted by Crippen LogP contribution is -2.38. The molecule has 1 atom stereocenters. The van der Waals surface area contributed by atoms with Gasteiger partial charge in [-0.15, -0.1) is 12.4 Å². The molecule has 0 aromatic carbocycles. The number of nitrogens with two attached hydrogens (primary N) is 1. The molecule has 1 saturated heterocycles. The number of aromatic nitrogens is 2. The average Bonchev–Trinajstić information content (AvgIpc) is 2.32. The first-order chi connectivity index (χ1) is 7.79. The highest BCUT2D eigenvalue weighted by Gasteiger charge is 2.19. The Hall–Kier alpha value is -0.420. The van der Waals surface area contributed by atoms with Crippen molar-refractivity contribution in [2.45, 2.75) is 19.4 Å². The zero-order chi connectivity index (χ0) is 11.4. The van der Waals surface area contributed by atoms with Crippen molar-refractivity contribution < 1.29 is 0 Å². The van der Waals surface area contributed by atoms with E-state index in [9.17, 15) is 0 Å². The molecule has 2 N–H and O–H groups in total. The summed E-state index contributed by atoms with van der Waals surface area (Å²) in [4.78, 5) is 10.6. The van der Waals surface area contributed by atoms with Crippen molar-refractivity contribution in [2.75, 3.05) is 19.6 Å². The predicted octanol–water partition coefficient (Wildman–Crippen LogP) is 1.72. The summed E-state index contributed by atoms with van der Waals surface area (Å²) in [6, 6.07) is 0. The normalized spacial score (nSPS) is 20.9. The Balaban J connectivity index is 0.00000144. The number of likely N-dealkylation sites (tertiary alicyclic amines) is 1. The molecular weight excluding hydrogens is 259 g/mol. The van der Waals surface area contributed by atoms with E-state index in [4.69, 9.17) is 17.3 Å². The third-order valence-corrected chi connectivity index (χ3v) is 3.35. The minimum atomic E-state index is 0. The first kappa shape index (κ1) is 14.6. The molecule has 0 radical (unpaired) electrons. The van der Waals surface area contributed by atoms with Gasteiger partial charge in [0.15, 0.2) is 5.15 Å². The van der Waals surface area contributed by atoms with Crippen LogP contribution in [0.15, 0.2) is 12.4 Å². The second-order valence-electron chi connectivity index (χ2n) is 4.27. The molecular formula is C11H18Cl2N4. The lowest BCUT2D eigenvalue weighted by Gasteiger charge is -2.31. The summed E-state index contributed by atoms with van der Waals surface area (Å²) >= 11 is 5.99. The van der Waals surface area contributed by atoms with Crippen LogP contribution in [0, 0.1) is 5.92 Å². The van der Waals surface area contributed by atoms with Gasteiger partial charge in [0.25, 0.3) is 0 Å². The van der Waals surface area contributed by atoms with E-state index in [-0.39, 0.29) is 12.4 Å². The largest absolute Gasteiger partial charge is 0.330 e. The Morgan fingerprint density at radius 2 is 2.18 bits per heavy atom. The Bertz CT molecular complexity index is 348. The first-order valence-corrected chi connectivity index (χ1v) is 6.05. The monoisotopic (exact) mass is 276 g/mol. The van der Waals surface area contributed by atoms with E-state index in [2.05, 4.69) is 14.9 Å². The van der Waals surface area contributed by atoms with Gasteiger partial charge in [0.05, 0.1) is 5.69 Å². The Kier molecular flexibility index (Phi) is 6.12. The molecule has 0 aliphatic carbocycles. The van der Waals surface area contributed by atoms with Gasteiger partial charge in [-0.05, 0) is 31.8 Å². The number of halogens is 2. The van der Waals surface area contributed by atoms with Crippen LogP contribution in [0.2, 0.25) is 5.15 Å². The van der Waals surface area contributed by atoms with E-state index in [1.165, 1.54) is 12.8 Å². The maximum atomic E-state index is 5.99. The topological polar surface area (TPSA) is 55.0 Å². The number of hydrogen-bond donors (Lipinski definition) is 1. The van der Waals surface area contributed by atoms with E-state index < -0.39 is 0 Å². The van der Waals surface area contributed by atoms with E-state index in [0.29, 0.717) is 11.1 Å². The van der Waals surface area contributed by atoms with Crippen LogP contribution >= 0.6 is 24.0 Å². The molecule has 1 aliphatic rings. The van der Waals surface area contributed by atoms with Crippen LogP contribution in [0.5, 0.6) is 0 Å². The fraction of sp³-hybridized carbons (Fsp3) is 0.636. The summed E-state index contributed by atoms with van der Waals surface area (Å²) in [6.45, 7) is 3.70. The van der Waals surface area contributed by atoms with Gasteiger partial charge < -0.3 is 5.73 Å². The standard InChI is InChI=1S/C11H17ClN4.ClH/c12-11-10(14-3-4-15-11)8-16-5-1-2-9(6-13)7-16;/h3-4,9H,1-2,5-8,13H2;1H. The number of rotatable bonds is 3. The van der Waals surface area contributed by atoms with Crippen LogP contribution in [0.4, 0.5) is 0 Å². The molecule has 1 aromatic rings. The Morgan fingerprint density at radius 3 is 2.88 bits per heavy atom. The van der Waals surface area contributed by atoms with Crippen LogP contribution < -0.4 is 5.73 Å². The van der Waals surface area contributed by atoms with Crippen molar-refractivity contribution >= 4 is 24.0 Å². The fourth-order valence-electron chi connectivity index (χ4n) is 2.16. The number of nitrogens with zero attached hydrogens (tertiary/aromatic N) is 3. The van der Waals surface area contributed by atoms with E-state index in [1.54, 1.807) is 12.4 Å². The van der Waals surface area contributed by atoms with Crippen molar-refractivity contribution in [3.8, 4) is 0 Å². The molecule has 1 fully saturated rings. The van der Waals surface area contributed by atoms with Crippen molar-refractivity contribution in [1.29, 1.82) is 0 Å². The molecule has 0 amide bonds. The molecule has 1 aromatic heterocycles. The molecule has 4 nitrogen and oxygen atoms in total. The molecule has 1 aliphatic heterocycles. The summed E-state index contributed by atoms with van der Waals surface area (Å²) in [7, 11) is 0. The van der Waals surface area contributed by atoms with Crippen molar-refractivity contribution in [3.05, 3.63) is 23.2 Å². The smallest absolute Gasteiger partial charge is 0.151 e. The third-order valence-electron chi connectivity index (χ3n) is 3.03. The molecule has 96 valence electrons. The van der Waals surface area contributed by atoms with Gasteiger partial charge in [0.2, 0.25) is 0 Å². The Morgan fingerprint density at radius 1 is 1.41 bits per heavy atom. The van der Waals surface area contributed by atoms with Crippen molar-refractivity contribution in [3.63, 3.8) is 0 Å². The zero-order valence-corrected chi connectivity index (χ0v) is 11.3. The van der Waals surface area contributed by atoms with E-state index in [0.717, 1.165) is 31.9 Å². The van der Waals surface area contributed by atoms with Gasteiger partial charge in [-0.2, -0.15) is 0 Å². The quantitative estimate of drug-likeness (QED) is 0.914. The Labute approximate surface area is 113 Å². The van der Waals surface area contributed by atoms with Crippen LogP contribution in [0.1, 0.15) is 18.5 Å². The second-order valence-corrected chi connectivity index (χ2v) is 4.63. The van der Waals surface area contributed by atoms with Crippen molar-refractivity contribution in [1.82, 2.24) is 14.9 Å². The van der Waals surface area contributed by atoms with Crippen LogP contribution in [0.25, 0.3) is 0 Å². The van der Waals surface area contributed by atoms with Gasteiger partial charge in [0.1, 0.15) is 0 Å². The van der Waals surface area contributed by atoms with Crippen LogP contribution in [-0.4, -0.2) is 34.5 Å². The average molecular weight is 277 g/mol. The van der Waals surface area contributed by atoms with Gasteiger partial charge in [-0.1, -0.05) is 11.6 Å². The van der Waals surface area contributed by atoms with Gasteiger partial charge in [-0.3, -0.25) is 9.88 Å². The fourth-order valence-corrected chi connectivity index (χ4v) is 2.32. The molecule has 6 heteroatoms. The lowest BCUT2D eigenvalue weighted by atomic mass is 9.98. The van der Waals surface area contributed by atoms with Gasteiger partial charge in [0, 0.05) is 25.5 Å². The molecule has 0 bridgehead atoms. The van der Waals surface area contributed by atoms with E-state index in [1.807, 2.05) is 0 Å². The van der Waals surface area contributed by atoms with E-state index >= 15 is 0 Å². The SMILES string of the molecule is Cl.NCC1CCCN(Cc2nccnc2Cl)C1. The van der Waals surface area contributed by atoms with Crippen LogP contribution in [-0.2, 0) is 6.54 Å². The minimum Gasteiger partial charge on any atom is -0.330 e. The minimum absolute atomic E-state index is 0. The highest BCUT2D eigenvalue weighted by Crippen LogP contribution is 2.18. The summed E-state index contributed by atoms with van der Waals surface area (Å²) < 4.78 is 0. The molecule has 2 rings (SSSR count). The lowest BCUT2D eigenvalue weighted by molar-refractivity contribution is 0.169. The number of piperidine rings is 1. The van der Waals surface area contributed by atoms with Crippen LogP contribution in [0.3, 0.4) is 0 Å². The zero-order valence-electron chi connectivity index (χ0n) is 9.68. The maximum absolute atomic E-state index is 5.99. The third kappa shape index (κ3) is 4.07. The molecule has 0 saturated carbocycles. The molecule has 2 heterocycles. The highest BCUT2D eigenvalue weighted by atomic mass is 35.5. The molecule has 0 spiro atoms. The second kappa shape index (κ2) is 7.11. The molecule has 17 heavy (non-hydrogen) atoms. The summed E-state index contributed by atoms with van der Waals surface area (Å²) in [5.41, 5.74) is 6.57. The van der Waals surface area contributed by atoms with Crippen molar-refractivity contribution in [2.24, 2.45) is 11.7 Å². The molecule has 1 unspecified atom stereocenters. The predicted molar refractivity (Wildman–Crippen MR) is 71.3 cm³/mol.